The summed E-state index contributed by atoms with van der Waals surface area (Å²) in [5.74, 6) is 4.98. The van der Waals surface area contributed by atoms with Crippen LogP contribution in [0, 0.1) is 57.2 Å². The molecule has 9 nitrogen and oxygen atoms in total. The normalized spacial score (nSPS) is 31.8. The van der Waals surface area contributed by atoms with Crippen LogP contribution in [0.5, 0.6) is 28.7 Å². The summed E-state index contributed by atoms with van der Waals surface area (Å²) in [6, 6.07) is 19.6. The third-order valence-electron chi connectivity index (χ3n) is 16.9. The number of rotatable bonds is 12. The number of hydrogen-bond acceptors (Lipinski definition) is 9. The number of nitrogens with one attached hydrogen (secondary N) is 1. The van der Waals surface area contributed by atoms with Gasteiger partial charge in [-0.2, -0.15) is 0 Å². The molecule has 3 aromatic carbocycles. The average molecular weight is 867 g/mol. The third kappa shape index (κ3) is 9.66. The van der Waals surface area contributed by atoms with E-state index >= 15 is 0 Å². The summed E-state index contributed by atoms with van der Waals surface area (Å²) in [6.45, 7) is 19.4. The first-order valence-corrected chi connectivity index (χ1v) is 23.4. The van der Waals surface area contributed by atoms with Crippen molar-refractivity contribution in [3.63, 3.8) is 0 Å². The van der Waals surface area contributed by atoms with E-state index in [1.165, 1.54) is 31.2 Å². The second-order valence-corrected chi connectivity index (χ2v) is 21.4. The monoisotopic (exact) mass is 867 g/mol. The molecule has 9 heteroatoms. The lowest BCUT2D eigenvalue weighted by molar-refractivity contribution is -0.0917. The van der Waals surface area contributed by atoms with Crippen molar-refractivity contribution in [1.29, 1.82) is 0 Å². The molecule has 63 heavy (non-hydrogen) atoms. The summed E-state index contributed by atoms with van der Waals surface area (Å²) >= 11 is 0. The largest absolute Gasteiger partial charge is 0.497 e. The minimum absolute atomic E-state index is 0.0234. The summed E-state index contributed by atoms with van der Waals surface area (Å²) in [6.07, 6.45) is 9.05. The summed E-state index contributed by atoms with van der Waals surface area (Å²) in [4.78, 5) is 28.2. The molecular formula is C54H78N2O7. The van der Waals surface area contributed by atoms with E-state index in [1.54, 1.807) is 41.6 Å². The Kier molecular flexibility index (Phi) is 14.7. The molecule has 0 unspecified atom stereocenters. The van der Waals surface area contributed by atoms with Crippen LogP contribution in [0.3, 0.4) is 0 Å². The van der Waals surface area contributed by atoms with Crippen LogP contribution in [0.1, 0.15) is 133 Å². The maximum Gasteiger partial charge on any atom is 0.167 e. The number of carbonyl (C=O) groups excluding carboxylic acids is 2. The Morgan fingerprint density at radius 1 is 0.571 bits per heavy atom. The number of hydrogen-bond donors (Lipinski definition) is 2. The van der Waals surface area contributed by atoms with E-state index < -0.39 is 0 Å². The topological polar surface area (TPSA) is 118 Å². The number of methoxy groups -OCH3 is 5. The summed E-state index contributed by atoms with van der Waals surface area (Å²) in [7, 11) is 8.18. The molecular weight excluding hydrogens is 789 g/mol. The van der Waals surface area contributed by atoms with Gasteiger partial charge in [-0.1, -0.05) is 80.4 Å². The van der Waals surface area contributed by atoms with E-state index in [9.17, 15) is 9.59 Å². The lowest BCUT2D eigenvalue weighted by atomic mass is 9.45. The van der Waals surface area contributed by atoms with Gasteiger partial charge in [0.05, 0.1) is 35.5 Å². The van der Waals surface area contributed by atoms with Gasteiger partial charge < -0.3 is 34.7 Å². The first-order valence-electron chi connectivity index (χ1n) is 23.4. The molecule has 4 saturated carbocycles. The molecule has 0 spiro atoms. The van der Waals surface area contributed by atoms with E-state index in [2.05, 4.69) is 72.8 Å². The molecule has 3 aromatic rings. The van der Waals surface area contributed by atoms with Crippen molar-refractivity contribution in [2.24, 2.45) is 62.9 Å². The van der Waals surface area contributed by atoms with Crippen LogP contribution in [0.25, 0.3) is 0 Å². The van der Waals surface area contributed by atoms with Crippen LogP contribution in [0.4, 0.5) is 0 Å². The fraction of sp³-hybridized carbons (Fsp3) is 0.630. The summed E-state index contributed by atoms with van der Waals surface area (Å²) in [5.41, 5.74) is 9.49. The van der Waals surface area contributed by atoms with Gasteiger partial charge in [-0.25, -0.2) is 0 Å². The van der Waals surface area contributed by atoms with E-state index in [-0.39, 0.29) is 69.0 Å². The van der Waals surface area contributed by atoms with Gasteiger partial charge in [0.1, 0.15) is 28.7 Å². The summed E-state index contributed by atoms with van der Waals surface area (Å²) in [5, 5.41) is 3.85. The second-order valence-electron chi connectivity index (χ2n) is 21.4. The highest BCUT2D eigenvalue weighted by Crippen LogP contribution is 2.63. The number of Topliss-reactive ketones (excluding diaryl/α,β-unsaturated/α-hetero) is 2. The highest BCUT2D eigenvalue weighted by molar-refractivity contribution is 6.00. The first-order chi connectivity index (χ1) is 29.8. The minimum Gasteiger partial charge on any atom is -0.497 e. The predicted octanol–water partition coefficient (Wildman–Crippen LogP) is 11.2. The van der Waals surface area contributed by atoms with E-state index in [0.29, 0.717) is 46.0 Å². The number of ketones is 2. The van der Waals surface area contributed by atoms with Crippen LogP contribution < -0.4 is 34.7 Å². The Balaban J connectivity index is 0.000000219. The molecule has 4 fully saturated rings. The molecule has 0 radical (unpaired) electrons. The van der Waals surface area contributed by atoms with Crippen LogP contribution in [-0.4, -0.2) is 59.2 Å². The fourth-order valence-electron chi connectivity index (χ4n) is 13.5. The zero-order valence-corrected chi connectivity index (χ0v) is 40.7. The zero-order chi connectivity index (χ0) is 46.1. The molecule has 0 bridgehead atoms. The molecule has 0 aliphatic heterocycles. The molecule has 0 amide bonds. The van der Waals surface area contributed by atoms with Crippen molar-refractivity contribution in [3.05, 3.63) is 77.4 Å². The zero-order valence-electron chi connectivity index (χ0n) is 40.7. The number of ether oxygens (including phenoxy) is 5. The van der Waals surface area contributed by atoms with Gasteiger partial charge in [0.15, 0.2) is 11.6 Å². The minimum atomic E-state index is -0.0824. The maximum absolute atomic E-state index is 14.4. The van der Waals surface area contributed by atoms with Crippen molar-refractivity contribution in [2.45, 2.75) is 125 Å². The first kappa shape index (κ1) is 48.4. The standard InChI is InChI=1S/C31H43NO4.C23H35NO3/c1-20-26(32-19-21-9-11-23(34-5)12-10-21)18-27-30(2,3)13-8-14-31(27,4)28(20)29(33)22-15-24(35-6)17-25(16-22)36-7;1-14-18(24)13-19-22(2,3)8-7-9-23(19,4)20(14)21(25)15-10-16(26-5)12-17(11-15)27-6/h9-12,15-17,20,26-28,32H,8,13-14,18-19H2,1-7H3;10-12,14,18-20H,7-9,13,24H2,1-6H3/t20-,26-,27+,28-,31+;14-,18-,19+,20-,23+/m11/s1. The SMILES string of the molecule is COc1cc(OC)cc(C(=O)[C@H]2[C@H](C)[C@H](N)C[C@H]3C(C)(C)CCC[C@]23C)c1.COc1ccc(CN[C@@H]2C[C@H]3C(C)(C)CCC[C@]3(C)[C@@H](C(=O)c3cc(OC)cc(OC)c3)[C@@H]2C)cc1. The Bertz CT molecular complexity index is 2020. The van der Waals surface area contributed by atoms with Crippen LogP contribution in [0.15, 0.2) is 60.7 Å². The van der Waals surface area contributed by atoms with Crippen molar-refractivity contribution in [3.8, 4) is 28.7 Å². The molecule has 10 atom stereocenters. The smallest absolute Gasteiger partial charge is 0.167 e. The van der Waals surface area contributed by atoms with Gasteiger partial charge in [-0.05, 0) is 126 Å². The Labute approximate surface area is 378 Å². The Morgan fingerprint density at radius 3 is 1.38 bits per heavy atom. The molecule has 0 aromatic heterocycles. The Morgan fingerprint density at radius 2 is 0.968 bits per heavy atom. The van der Waals surface area contributed by atoms with Crippen LogP contribution in [0.2, 0.25) is 0 Å². The van der Waals surface area contributed by atoms with Crippen molar-refractivity contribution in [1.82, 2.24) is 5.32 Å². The lowest BCUT2D eigenvalue weighted by Gasteiger charge is -2.60. The van der Waals surface area contributed by atoms with Gasteiger partial charge in [0.25, 0.3) is 0 Å². The van der Waals surface area contributed by atoms with E-state index in [4.69, 9.17) is 29.4 Å². The van der Waals surface area contributed by atoms with Gasteiger partial charge in [-0.15, -0.1) is 0 Å². The second kappa shape index (κ2) is 19.2. The van der Waals surface area contributed by atoms with Crippen molar-refractivity contribution in [2.75, 3.05) is 35.5 Å². The van der Waals surface area contributed by atoms with Crippen LogP contribution >= 0.6 is 0 Å². The molecule has 4 aliphatic carbocycles. The molecule has 3 N–H and O–H groups in total. The number of fused-ring (bicyclic) bond motifs is 2. The molecule has 7 rings (SSSR count). The number of carbonyl (C=O) groups is 2. The Hall–Kier alpha value is -4.08. The van der Waals surface area contributed by atoms with Gasteiger partial charge in [0, 0.05) is 53.7 Å². The summed E-state index contributed by atoms with van der Waals surface area (Å²) < 4.78 is 27.1. The quantitative estimate of drug-likeness (QED) is 0.172. The molecule has 0 saturated heterocycles. The van der Waals surface area contributed by atoms with E-state index in [0.717, 1.165) is 38.0 Å². The number of nitrogens with two attached hydrogens (primary N) is 1. The van der Waals surface area contributed by atoms with Crippen molar-refractivity contribution >= 4 is 11.6 Å². The highest BCUT2D eigenvalue weighted by atomic mass is 16.5. The van der Waals surface area contributed by atoms with Gasteiger partial charge in [0.2, 0.25) is 0 Å². The van der Waals surface area contributed by atoms with Crippen molar-refractivity contribution < 1.29 is 33.3 Å². The fourth-order valence-corrected chi connectivity index (χ4v) is 13.5. The average Bonchev–Trinajstić information content (AvgIpc) is 3.26. The van der Waals surface area contributed by atoms with Gasteiger partial charge in [-0.3, -0.25) is 9.59 Å². The molecule has 0 heterocycles. The third-order valence-corrected chi connectivity index (χ3v) is 16.9. The molecule has 4 aliphatic rings. The number of benzene rings is 3. The predicted molar refractivity (Wildman–Crippen MR) is 252 cm³/mol. The maximum atomic E-state index is 14.4. The lowest BCUT2D eigenvalue weighted by Crippen LogP contribution is -2.60. The van der Waals surface area contributed by atoms with Crippen LogP contribution in [-0.2, 0) is 6.54 Å². The molecule has 346 valence electrons. The van der Waals surface area contributed by atoms with Gasteiger partial charge >= 0.3 is 0 Å². The van der Waals surface area contributed by atoms with E-state index in [1.807, 2.05) is 42.5 Å². The highest BCUT2D eigenvalue weighted by Gasteiger charge is 2.59.